The van der Waals surface area contributed by atoms with Gasteiger partial charge >= 0.3 is 11.9 Å². The zero-order valence-electron chi connectivity index (χ0n) is 29.3. The predicted octanol–water partition coefficient (Wildman–Crippen LogP) is 9.65. The van der Waals surface area contributed by atoms with Crippen molar-refractivity contribution < 1.29 is 28.6 Å². The quantitative estimate of drug-likeness (QED) is 0.104. The Balaban J connectivity index is 2.75. The van der Waals surface area contributed by atoms with Gasteiger partial charge in [0.25, 0.3) is 0 Å². The van der Waals surface area contributed by atoms with Crippen molar-refractivity contribution >= 4 is 23.8 Å². The van der Waals surface area contributed by atoms with Crippen LogP contribution < -0.4 is 14.2 Å². The average molecular weight is 607 g/mol. The molecule has 6 heteroatoms. The molecule has 0 N–H and O–H groups in total. The zero-order chi connectivity index (χ0) is 33.7. The van der Waals surface area contributed by atoms with Crippen LogP contribution in [0.4, 0.5) is 0 Å². The molecule has 44 heavy (non-hydrogen) atoms. The van der Waals surface area contributed by atoms with Crippen LogP contribution in [0.5, 0.6) is 17.2 Å². The molecule has 0 aliphatic carbocycles. The number of hydrogen-bond acceptors (Lipinski definition) is 6. The number of allylic oxidation sites excluding steroid dienone is 1. The van der Waals surface area contributed by atoms with Gasteiger partial charge in [-0.3, -0.25) is 14.4 Å². The molecule has 0 aliphatic heterocycles. The van der Waals surface area contributed by atoms with Crippen LogP contribution in [-0.4, -0.2) is 24.3 Å². The summed E-state index contributed by atoms with van der Waals surface area (Å²) in [7, 11) is 0. The van der Waals surface area contributed by atoms with E-state index in [2.05, 4.69) is 41.5 Å². The highest BCUT2D eigenvalue weighted by molar-refractivity contribution is 6.07. The van der Waals surface area contributed by atoms with Gasteiger partial charge in [0, 0.05) is 22.3 Å². The minimum atomic E-state index is -0.697. The summed E-state index contributed by atoms with van der Waals surface area (Å²) < 4.78 is 18.2. The van der Waals surface area contributed by atoms with Crippen LogP contribution in [0.15, 0.2) is 36.4 Å². The van der Waals surface area contributed by atoms with Crippen molar-refractivity contribution in [2.24, 2.45) is 10.8 Å². The van der Waals surface area contributed by atoms with Gasteiger partial charge in [-0.2, -0.15) is 0 Å². The molecule has 6 nitrogen and oxygen atoms in total. The number of ether oxygens (including phenoxy) is 3. The number of carbonyl (C=O) groups is 3. The van der Waals surface area contributed by atoms with E-state index in [-0.39, 0.29) is 23.1 Å². The van der Waals surface area contributed by atoms with Gasteiger partial charge in [-0.25, -0.2) is 0 Å². The Morgan fingerprint density at radius 2 is 1.23 bits per heavy atom. The van der Waals surface area contributed by atoms with Gasteiger partial charge in [-0.05, 0) is 114 Å². The molecule has 0 aliphatic rings. The maximum Gasteiger partial charge on any atom is 0.316 e. The lowest BCUT2D eigenvalue weighted by molar-refractivity contribution is -0.143. The van der Waals surface area contributed by atoms with Gasteiger partial charge < -0.3 is 14.2 Å². The summed E-state index contributed by atoms with van der Waals surface area (Å²) in [5, 5.41) is 0. The van der Waals surface area contributed by atoms with Gasteiger partial charge in [-0.15, -0.1) is 0 Å². The molecule has 0 radical (unpaired) electrons. The zero-order valence-corrected chi connectivity index (χ0v) is 29.3. The van der Waals surface area contributed by atoms with Crippen molar-refractivity contribution in [1.29, 1.82) is 0 Å². The van der Waals surface area contributed by atoms with E-state index in [1.807, 2.05) is 33.8 Å². The van der Waals surface area contributed by atoms with Crippen LogP contribution in [-0.2, 0) is 20.4 Å². The molecule has 0 bridgehead atoms. The summed E-state index contributed by atoms with van der Waals surface area (Å²) in [5.41, 5.74) is 0.893. The van der Waals surface area contributed by atoms with Crippen molar-refractivity contribution in [2.45, 2.75) is 120 Å². The summed E-state index contributed by atoms with van der Waals surface area (Å²) in [6, 6.07) is 8.57. The number of carbonyl (C=O) groups excluding carboxylic acids is 3. The Morgan fingerprint density at radius 3 is 1.70 bits per heavy atom. The highest BCUT2D eigenvalue weighted by Gasteiger charge is 2.37. The fourth-order valence-electron chi connectivity index (χ4n) is 4.20. The molecule has 0 amide bonds. The Morgan fingerprint density at radius 1 is 0.705 bits per heavy atom. The van der Waals surface area contributed by atoms with Crippen LogP contribution >= 0.6 is 0 Å². The number of ketones is 1. The number of benzene rings is 2. The molecule has 2 aromatic carbocycles. The molecule has 0 heterocycles. The molecule has 0 saturated carbocycles. The third-order valence-electron chi connectivity index (χ3n) is 8.07. The van der Waals surface area contributed by atoms with Gasteiger partial charge in [0.1, 0.15) is 17.2 Å². The molecule has 2 rings (SSSR count). The van der Waals surface area contributed by atoms with Crippen molar-refractivity contribution in [3.8, 4) is 17.2 Å². The fourth-order valence-corrected chi connectivity index (χ4v) is 4.20. The standard InChI is InChI=1S/C38H54O6/c1-14-23-42-31-26(19-22-29(39)25-17-20-27(21-18-25)43-33(40)35(4,5)6)24-28(37(10,11)15-2)32(30(31)38(12,13)16-3)44-34(41)36(7,8)9/h17-22,24H,14-16,23H2,1-13H3. The second kappa shape index (κ2) is 14.1. The van der Waals surface area contributed by atoms with Crippen LogP contribution in [0.2, 0.25) is 0 Å². The third kappa shape index (κ3) is 9.06. The average Bonchev–Trinajstić information content (AvgIpc) is 2.94. The third-order valence-corrected chi connectivity index (χ3v) is 8.07. The van der Waals surface area contributed by atoms with Gasteiger partial charge in [0.15, 0.2) is 5.78 Å². The maximum atomic E-state index is 13.3. The van der Waals surface area contributed by atoms with E-state index in [0.717, 1.165) is 36.0 Å². The highest BCUT2D eigenvalue weighted by atomic mass is 16.5. The van der Waals surface area contributed by atoms with Gasteiger partial charge in [0.2, 0.25) is 0 Å². The van der Waals surface area contributed by atoms with E-state index in [1.54, 1.807) is 51.1 Å². The first-order valence-corrected chi connectivity index (χ1v) is 15.8. The Bertz CT molecular complexity index is 1360. The van der Waals surface area contributed by atoms with Crippen LogP contribution in [0.3, 0.4) is 0 Å². The first kappa shape index (κ1) is 36.8. The summed E-state index contributed by atoms with van der Waals surface area (Å²) in [6.07, 6.45) is 5.71. The molecule has 0 fully saturated rings. The molecule has 0 spiro atoms. The Hall–Kier alpha value is -3.41. The van der Waals surface area contributed by atoms with E-state index < -0.39 is 16.2 Å². The number of hydrogen-bond donors (Lipinski definition) is 0. The summed E-state index contributed by atoms with van der Waals surface area (Å²) in [4.78, 5) is 38.9. The van der Waals surface area contributed by atoms with E-state index in [1.165, 1.54) is 6.08 Å². The summed E-state index contributed by atoms with van der Waals surface area (Å²) in [6.45, 7) is 26.2. The lowest BCUT2D eigenvalue weighted by Gasteiger charge is -2.35. The first-order chi connectivity index (χ1) is 20.2. The summed E-state index contributed by atoms with van der Waals surface area (Å²) in [5.74, 6) is 0.716. The van der Waals surface area contributed by atoms with E-state index in [0.29, 0.717) is 29.4 Å². The number of esters is 2. The van der Waals surface area contributed by atoms with Crippen molar-refractivity contribution in [2.75, 3.05) is 6.61 Å². The predicted molar refractivity (Wildman–Crippen MR) is 179 cm³/mol. The molecule has 2 aromatic rings. The van der Waals surface area contributed by atoms with Crippen molar-refractivity contribution in [1.82, 2.24) is 0 Å². The second-order valence-corrected chi connectivity index (χ2v) is 14.9. The molecule has 0 saturated heterocycles. The van der Waals surface area contributed by atoms with Crippen LogP contribution in [0, 0.1) is 10.8 Å². The van der Waals surface area contributed by atoms with E-state index in [4.69, 9.17) is 14.2 Å². The largest absolute Gasteiger partial charge is 0.493 e. The molecule has 0 aromatic heterocycles. The van der Waals surface area contributed by atoms with E-state index in [9.17, 15) is 14.4 Å². The van der Waals surface area contributed by atoms with E-state index >= 15 is 0 Å². The van der Waals surface area contributed by atoms with Gasteiger partial charge in [0.05, 0.1) is 17.4 Å². The molecule has 0 unspecified atom stereocenters. The minimum absolute atomic E-state index is 0.198. The van der Waals surface area contributed by atoms with Crippen LogP contribution in [0.1, 0.15) is 136 Å². The monoisotopic (exact) mass is 606 g/mol. The van der Waals surface area contributed by atoms with Crippen molar-refractivity contribution in [3.63, 3.8) is 0 Å². The van der Waals surface area contributed by atoms with Gasteiger partial charge in [-0.1, -0.05) is 48.5 Å². The minimum Gasteiger partial charge on any atom is -0.493 e. The normalized spacial score (nSPS) is 12.8. The molecule has 0 atom stereocenters. The molecule has 242 valence electrons. The number of rotatable bonds is 12. The van der Waals surface area contributed by atoms with Crippen LogP contribution in [0.25, 0.3) is 6.08 Å². The van der Waals surface area contributed by atoms with Crippen molar-refractivity contribution in [3.05, 3.63) is 58.7 Å². The lowest BCUT2D eigenvalue weighted by Crippen LogP contribution is -2.30. The Kier molecular flexibility index (Phi) is 11.8. The topological polar surface area (TPSA) is 78.9 Å². The lowest BCUT2D eigenvalue weighted by atomic mass is 9.74. The molecular formula is C38H54O6. The molecular weight excluding hydrogens is 552 g/mol. The maximum absolute atomic E-state index is 13.3. The second-order valence-electron chi connectivity index (χ2n) is 14.9. The fraction of sp³-hybridized carbons (Fsp3) is 0.553. The summed E-state index contributed by atoms with van der Waals surface area (Å²) >= 11 is 0. The smallest absolute Gasteiger partial charge is 0.316 e. The first-order valence-electron chi connectivity index (χ1n) is 15.8. The highest BCUT2D eigenvalue weighted by Crippen LogP contribution is 2.49. The SMILES string of the molecule is CCCOc1c(C=CC(=O)c2ccc(OC(=O)C(C)(C)C)cc2)cc(C(C)(C)CC)c(OC(=O)C(C)(C)C)c1C(C)(C)CC. The Labute approximate surface area is 265 Å².